The number of hydrogen-bond acceptors (Lipinski definition) is 5. The van der Waals surface area contributed by atoms with Crippen LogP contribution in [0.5, 0.6) is 5.75 Å². The minimum absolute atomic E-state index is 0.0475. The minimum atomic E-state index is -0.245. The highest BCUT2D eigenvalue weighted by Crippen LogP contribution is 2.33. The SMILES string of the molecule is COc1ccc(/C=C2\SC(=S)N(CCCCCC(=O)N(Cc3ccccc3)C(C)(C)C)C2=O)cc1. The van der Waals surface area contributed by atoms with Crippen molar-refractivity contribution < 1.29 is 14.3 Å². The van der Waals surface area contributed by atoms with Crippen LogP contribution in [0.2, 0.25) is 0 Å². The third kappa shape index (κ3) is 7.67. The van der Waals surface area contributed by atoms with Gasteiger partial charge in [-0.25, -0.2) is 0 Å². The van der Waals surface area contributed by atoms with Gasteiger partial charge in [-0.2, -0.15) is 0 Å². The lowest BCUT2D eigenvalue weighted by Crippen LogP contribution is -2.45. The number of hydrogen-bond donors (Lipinski definition) is 0. The summed E-state index contributed by atoms with van der Waals surface area (Å²) in [5, 5.41) is 0. The molecule has 2 amide bonds. The van der Waals surface area contributed by atoms with Crippen molar-refractivity contribution in [3.63, 3.8) is 0 Å². The maximum absolute atomic E-state index is 13.0. The van der Waals surface area contributed by atoms with Crippen LogP contribution in [0.25, 0.3) is 6.08 Å². The Labute approximate surface area is 218 Å². The van der Waals surface area contributed by atoms with Crippen molar-refractivity contribution in [3.8, 4) is 5.75 Å². The molecule has 1 aliphatic rings. The van der Waals surface area contributed by atoms with Gasteiger partial charge in [0.05, 0.1) is 12.0 Å². The fourth-order valence-electron chi connectivity index (χ4n) is 3.87. The molecule has 35 heavy (non-hydrogen) atoms. The van der Waals surface area contributed by atoms with Crippen molar-refractivity contribution in [1.82, 2.24) is 9.80 Å². The summed E-state index contributed by atoms with van der Waals surface area (Å²) in [7, 11) is 1.63. The zero-order valence-electron chi connectivity index (χ0n) is 21.0. The van der Waals surface area contributed by atoms with E-state index >= 15 is 0 Å². The molecule has 5 nitrogen and oxygen atoms in total. The fraction of sp³-hybridized carbons (Fsp3) is 0.393. The molecule has 1 saturated heterocycles. The fourth-order valence-corrected chi connectivity index (χ4v) is 5.18. The van der Waals surface area contributed by atoms with E-state index in [4.69, 9.17) is 17.0 Å². The molecule has 0 radical (unpaired) electrons. The zero-order valence-corrected chi connectivity index (χ0v) is 22.6. The standard InChI is InChI=1S/C28H34N2O3S2/c1-28(2,3)30(20-22-11-7-5-8-12-22)25(31)13-9-6-10-18-29-26(32)24(35-27(29)34)19-21-14-16-23(33-4)17-15-21/h5,7-8,11-12,14-17,19H,6,9-10,13,18,20H2,1-4H3/b24-19-. The maximum Gasteiger partial charge on any atom is 0.266 e. The molecule has 0 bridgehead atoms. The molecule has 0 unspecified atom stereocenters. The van der Waals surface area contributed by atoms with Crippen molar-refractivity contribution in [2.45, 2.75) is 58.5 Å². The van der Waals surface area contributed by atoms with Crippen LogP contribution in [-0.4, -0.2) is 45.1 Å². The number of nitrogens with zero attached hydrogens (tertiary/aromatic N) is 2. The van der Waals surface area contributed by atoms with E-state index in [2.05, 4.69) is 32.9 Å². The van der Waals surface area contributed by atoms with Gasteiger partial charge in [-0.15, -0.1) is 0 Å². The van der Waals surface area contributed by atoms with Crippen molar-refractivity contribution in [1.29, 1.82) is 0 Å². The second kappa shape index (κ2) is 12.4. The van der Waals surface area contributed by atoms with Crippen LogP contribution in [0.1, 0.15) is 57.6 Å². The number of thioether (sulfide) groups is 1. The molecule has 0 saturated carbocycles. The summed E-state index contributed by atoms with van der Waals surface area (Å²) >= 11 is 6.79. The zero-order chi connectivity index (χ0) is 25.4. The van der Waals surface area contributed by atoms with Gasteiger partial charge in [0.15, 0.2) is 0 Å². The van der Waals surface area contributed by atoms with E-state index in [1.54, 1.807) is 12.0 Å². The van der Waals surface area contributed by atoms with E-state index in [0.717, 1.165) is 36.1 Å². The number of carbonyl (C=O) groups is 2. The largest absolute Gasteiger partial charge is 0.497 e. The number of unbranched alkanes of at least 4 members (excludes halogenated alkanes) is 2. The van der Waals surface area contributed by atoms with Crippen LogP contribution in [0.15, 0.2) is 59.5 Å². The Hall–Kier alpha value is -2.64. The van der Waals surface area contributed by atoms with E-state index in [9.17, 15) is 9.59 Å². The molecule has 186 valence electrons. The molecule has 7 heteroatoms. The summed E-state index contributed by atoms with van der Waals surface area (Å²) in [4.78, 5) is 30.1. The first-order valence-electron chi connectivity index (χ1n) is 11.9. The molecule has 0 N–H and O–H groups in total. The molecule has 1 heterocycles. The number of amides is 2. The van der Waals surface area contributed by atoms with Crippen molar-refractivity contribution in [2.24, 2.45) is 0 Å². The van der Waals surface area contributed by atoms with Crippen molar-refractivity contribution in [2.75, 3.05) is 13.7 Å². The summed E-state index contributed by atoms with van der Waals surface area (Å²) in [5.41, 5.74) is 1.82. The van der Waals surface area contributed by atoms with Crippen molar-refractivity contribution in [3.05, 3.63) is 70.6 Å². The lowest BCUT2D eigenvalue weighted by atomic mass is 10.0. The average molecular weight is 511 g/mol. The molecule has 2 aromatic carbocycles. The van der Waals surface area contributed by atoms with Gasteiger partial charge in [0.1, 0.15) is 10.1 Å². The monoisotopic (exact) mass is 510 g/mol. The summed E-state index contributed by atoms with van der Waals surface area (Å²) < 4.78 is 5.77. The molecule has 0 aliphatic carbocycles. The average Bonchev–Trinajstić information content (AvgIpc) is 3.09. The van der Waals surface area contributed by atoms with Gasteiger partial charge < -0.3 is 9.64 Å². The summed E-state index contributed by atoms with van der Waals surface area (Å²) in [5.74, 6) is 0.891. The maximum atomic E-state index is 13.0. The van der Waals surface area contributed by atoms with Gasteiger partial charge in [-0.1, -0.05) is 72.9 Å². The van der Waals surface area contributed by atoms with E-state index in [-0.39, 0.29) is 17.4 Å². The Balaban J connectivity index is 1.47. The van der Waals surface area contributed by atoms with Gasteiger partial charge in [-0.05, 0) is 62.9 Å². The van der Waals surface area contributed by atoms with Gasteiger partial charge in [0.2, 0.25) is 5.91 Å². The van der Waals surface area contributed by atoms with Gasteiger partial charge in [0, 0.05) is 25.0 Å². The van der Waals surface area contributed by atoms with Crippen LogP contribution >= 0.6 is 24.0 Å². The third-order valence-corrected chi connectivity index (χ3v) is 7.23. The first-order valence-corrected chi connectivity index (χ1v) is 13.2. The Kier molecular flexibility index (Phi) is 9.52. The minimum Gasteiger partial charge on any atom is -0.497 e. The highest BCUT2D eigenvalue weighted by atomic mass is 32.2. The van der Waals surface area contributed by atoms with E-state index in [1.165, 1.54) is 11.8 Å². The highest BCUT2D eigenvalue weighted by Gasteiger charge is 2.31. The topological polar surface area (TPSA) is 49.9 Å². The van der Waals surface area contributed by atoms with E-state index < -0.39 is 0 Å². The first-order chi connectivity index (χ1) is 16.7. The molecular weight excluding hydrogens is 476 g/mol. The van der Waals surface area contributed by atoms with Crippen LogP contribution in [0.4, 0.5) is 0 Å². The number of carbonyl (C=O) groups excluding carboxylic acids is 2. The molecule has 0 atom stereocenters. The van der Waals surface area contributed by atoms with Gasteiger partial charge >= 0.3 is 0 Å². The van der Waals surface area contributed by atoms with Crippen molar-refractivity contribution >= 4 is 46.2 Å². The predicted octanol–water partition coefficient (Wildman–Crippen LogP) is 6.28. The molecule has 1 fully saturated rings. The first kappa shape index (κ1) is 27.0. The summed E-state index contributed by atoms with van der Waals surface area (Å²) in [6, 6.07) is 17.7. The second-order valence-corrected chi connectivity index (χ2v) is 11.2. The number of rotatable bonds is 10. The quantitative estimate of drug-likeness (QED) is 0.214. The van der Waals surface area contributed by atoms with E-state index in [1.807, 2.05) is 53.4 Å². The molecule has 0 spiro atoms. The molecule has 1 aliphatic heterocycles. The lowest BCUT2D eigenvalue weighted by Gasteiger charge is -2.36. The number of methoxy groups -OCH3 is 1. The lowest BCUT2D eigenvalue weighted by molar-refractivity contribution is -0.137. The number of ether oxygens (including phenoxy) is 1. The van der Waals surface area contributed by atoms with E-state index in [0.29, 0.717) is 28.7 Å². The Morgan fingerprint density at radius 3 is 2.37 bits per heavy atom. The molecule has 3 rings (SSSR count). The van der Waals surface area contributed by atoms with Crippen LogP contribution in [0, 0.1) is 0 Å². The Morgan fingerprint density at radius 1 is 1.06 bits per heavy atom. The van der Waals surface area contributed by atoms with Crippen LogP contribution < -0.4 is 4.74 Å². The van der Waals surface area contributed by atoms with Crippen LogP contribution in [0.3, 0.4) is 0 Å². The summed E-state index contributed by atoms with van der Waals surface area (Å²) in [6.07, 6.45) is 4.83. The number of thiocarbonyl (C=S) groups is 1. The van der Waals surface area contributed by atoms with Gasteiger partial charge in [-0.3, -0.25) is 14.5 Å². The third-order valence-electron chi connectivity index (χ3n) is 5.85. The Morgan fingerprint density at radius 2 is 1.74 bits per heavy atom. The summed E-state index contributed by atoms with van der Waals surface area (Å²) in [6.45, 7) is 7.40. The smallest absolute Gasteiger partial charge is 0.266 e. The highest BCUT2D eigenvalue weighted by molar-refractivity contribution is 8.26. The van der Waals surface area contributed by atoms with Crippen LogP contribution in [-0.2, 0) is 16.1 Å². The predicted molar refractivity (Wildman–Crippen MR) is 148 cm³/mol. The molecule has 0 aromatic heterocycles. The second-order valence-electron chi connectivity index (χ2n) is 9.55. The number of benzene rings is 2. The van der Waals surface area contributed by atoms with Gasteiger partial charge in [0.25, 0.3) is 5.91 Å². The molecule has 2 aromatic rings. The Bertz CT molecular complexity index is 1060. The normalized spacial score (nSPS) is 15.1. The molecular formula is C28H34N2O3S2.